The third-order valence-corrected chi connectivity index (χ3v) is 3.82. The number of ether oxygens (including phenoxy) is 2. The molecule has 1 aromatic carbocycles. The molecule has 134 valence electrons. The fourth-order valence-electron chi connectivity index (χ4n) is 2.53. The van der Waals surface area contributed by atoms with Crippen LogP contribution >= 0.6 is 0 Å². The van der Waals surface area contributed by atoms with Crippen molar-refractivity contribution in [3.05, 3.63) is 29.8 Å². The molecule has 1 aliphatic heterocycles. The lowest BCUT2D eigenvalue weighted by Crippen LogP contribution is -2.39. The Morgan fingerprint density at radius 2 is 1.92 bits per heavy atom. The number of aliphatic imine (C=N–C) groups is 1. The summed E-state index contributed by atoms with van der Waals surface area (Å²) in [6.07, 6.45) is 0. The topological polar surface area (TPSA) is 58.1 Å². The number of guanidine groups is 1. The van der Waals surface area contributed by atoms with E-state index in [0.717, 1.165) is 52.0 Å². The zero-order valence-corrected chi connectivity index (χ0v) is 14.9. The van der Waals surface area contributed by atoms with Crippen LogP contribution in [0.15, 0.2) is 29.3 Å². The van der Waals surface area contributed by atoms with Crippen molar-refractivity contribution in [2.75, 3.05) is 57.5 Å². The second-order valence-corrected chi connectivity index (χ2v) is 5.58. The first kappa shape index (κ1) is 18.5. The van der Waals surface area contributed by atoms with Crippen molar-refractivity contribution < 1.29 is 9.47 Å². The van der Waals surface area contributed by atoms with E-state index < -0.39 is 0 Å². The Kier molecular flexibility index (Phi) is 8.41. The van der Waals surface area contributed by atoms with E-state index in [1.165, 1.54) is 11.3 Å². The number of hydrogen-bond acceptors (Lipinski definition) is 4. The molecule has 1 aliphatic rings. The first-order valence-electron chi connectivity index (χ1n) is 8.85. The molecule has 2 N–H and O–H groups in total. The lowest BCUT2D eigenvalue weighted by atomic mass is 10.2. The molecule has 0 amide bonds. The zero-order valence-electron chi connectivity index (χ0n) is 14.9. The highest BCUT2D eigenvalue weighted by molar-refractivity contribution is 5.79. The number of hydrogen-bond donors (Lipinski definition) is 2. The Balaban J connectivity index is 1.85. The Labute approximate surface area is 145 Å². The van der Waals surface area contributed by atoms with E-state index in [0.29, 0.717) is 13.2 Å². The van der Waals surface area contributed by atoms with E-state index in [-0.39, 0.29) is 0 Å². The number of morpholine rings is 1. The molecule has 1 aromatic rings. The molecule has 1 fully saturated rings. The van der Waals surface area contributed by atoms with Crippen LogP contribution in [0.25, 0.3) is 0 Å². The summed E-state index contributed by atoms with van der Waals surface area (Å²) in [5.74, 6) is 0.828. The van der Waals surface area contributed by atoms with Gasteiger partial charge in [-0.2, -0.15) is 0 Å². The third-order valence-electron chi connectivity index (χ3n) is 3.82. The van der Waals surface area contributed by atoms with E-state index in [1.807, 2.05) is 6.92 Å². The minimum absolute atomic E-state index is 0.660. The van der Waals surface area contributed by atoms with Crippen molar-refractivity contribution in [1.29, 1.82) is 0 Å². The minimum Gasteiger partial charge on any atom is -0.380 e. The third kappa shape index (κ3) is 6.37. The van der Waals surface area contributed by atoms with Gasteiger partial charge < -0.3 is 25.0 Å². The Hall–Kier alpha value is -1.79. The average molecular weight is 334 g/mol. The largest absolute Gasteiger partial charge is 0.380 e. The minimum atomic E-state index is 0.660. The Bertz CT molecular complexity index is 484. The molecule has 24 heavy (non-hydrogen) atoms. The van der Waals surface area contributed by atoms with Gasteiger partial charge in [0.25, 0.3) is 0 Å². The molecule has 1 saturated heterocycles. The van der Waals surface area contributed by atoms with Crippen LogP contribution in [-0.2, 0) is 16.0 Å². The van der Waals surface area contributed by atoms with E-state index in [4.69, 9.17) is 9.47 Å². The molecule has 0 bridgehead atoms. The first-order valence-corrected chi connectivity index (χ1v) is 8.85. The van der Waals surface area contributed by atoms with Gasteiger partial charge in [-0.05, 0) is 31.5 Å². The average Bonchev–Trinajstić information content (AvgIpc) is 2.64. The summed E-state index contributed by atoms with van der Waals surface area (Å²) in [4.78, 5) is 6.99. The molecule has 2 rings (SSSR count). The number of anilines is 1. The van der Waals surface area contributed by atoms with Gasteiger partial charge in [-0.25, -0.2) is 4.99 Å². The number of nitrogens with one attached hydrogen (secondary N) is 2. The van der Waals surface area contributed by atoms with Gasteiger partial charge in [-0.15, -0.1) is 0 Å². The van der Waals surface area contributed by atoms with Gasteiger partial charge in [0, 0.05) is 38.5 Å². The van der Waals surface area contributed by atoms with E-state index in [9.17, 15) is 0 Å². The van der Waals surface area contributed by atoms with Gasteiger partial charge in [0.15, 0.2) is 5.96 Å². The fraction of sp³-hybridized carbons (Fsp3) is 0.611. The predicted octanol–water partition coefficient (Wildman–Crippen LogP) is 1.61. The van der Waals surface area contributed by atoms with Crippen LogP contribution < -0.4 is 15.5 Å². The van der Waals surface area contributed by atoms with Gasteiger partial charge >= 0.3 is 0 Å². The second kappa shape index (κ2) is 10.9. The molecular formula is C18H30N4O2. The second-order valence-electron chi connectivity index (χ2n) is 5.58. The molecule has 0 saturated carbocycles. The van der Waals surface area contributed by atoms with Crippen molar-refractivity contribution >= 4 is 11.6 Å². The van der Waals surface area contributed by atoms with Crippen LogP contribution in [0, 0.1) is 0 Å². The van der Waals surface area contributed by atoms with E-state index in [1.54, 1.807) is 0 Å². The Morgan fingerprint density at radius 3 is 2.58 bits per heavy atom. The maximum atomic E-state index is 5.40. The van der Waals surface area contributed by atoms with Crippen molar-refractivity contribution in [2.24, 2.45) is 4.99 Å². The van der Waals surface area contributed by atoms with Crippen LogP contribution in [0.2, 0.25) is 0 Å². The highest BCUT2D eigenvalue weighted by Crippen LogP contribution is 2.17. The van der Waals surface area contributed by atoms with Crippen molar-refractivity contribution in [2.45, 2.75) is 20.4 Å². The molecule has 6 heteroatoms. The highest BCUT2D eigenvalue weighted by Gasteiger charge is 2.10. The lowest BCUT2D eigenvalue weighted by Gasteiger charge is -2.28. The first-order chi connectivity index (χ1) is 11.8. The summed E-state index contributed by atoms with van der Waals surface area (Å²) < 4.78 is 10.7. The number of benzene rings is 1. The van der Waals surface area contributed by atoms with Crippen molar-refractivity contribution in [3.63, 3.8) is 0 Å². The van der Waals surface area contributed by atoms with Crippen LogP contribution in [0.4, 0.5) is 5.69 Å². The maximum absolute atomic E-state index is 5.40. The van der Waals surface area contributed by atoms with Gasteiger partial charge in [0.05, 0.1) is 26.4 Å². The van der Waals surface area contributed by atoms with Crippen LogP contribution in [0.3, 0.4) is 0 Å². The SMILES string of the molecule is CCNC(=NCc1ccc(N2CCOCC2)cc1)NCCOCC. The molecule has 0 aliphatic carbocycles. The number of rotatable bonds is 8. The molecule has 1 heterocycles. The lowest BCUT2D eigenvalue weighted by molar-refractivity contribution is 0.122. The van der Waals surface area contributed by atoms with Crippen LogP contribution in [0.5, 0.6) is 0 Å². The smallest absolute Gasteiger partial charge is 0.191 e. The summed E-state index contributed by atoms with van der Waals surface area (Å²) in [5, 5.41) is 6.53. The van der Waals surface area contributed by atoms with Crippen LogP contribution in [-0.4, -0.2) is 58.6 Å². The van der Waals surface area contributed by atoms with Gasteiger partial charge in [0.2, 0.25) is 0 Å². The standard InChI is InChI=1S/C18H30N4O2/c1-3-19-18(20-9-12-23-4-2)21-15-16-5-7-17(8-6-16)22-10-13-24-14-11-22/h5-8H,3-4,9-15H2,1-2H3,(H2,19,20,21). The predicted molar refractivity (Wildman–Crippen MR) is 98.8 cm³/mol. The summed E-state index contributed by atoms with van der Waals surface area (Å²) in [5.41, 5.74) is 2.46. The molecule has 0 radical (unpaired) electrons. The van der Waals surface area contributed by atoms with Gasteiger partial charge in [-0.3, -0.25) is 0 Å². The molecular weight excluding hydrogens is 304 g/mol. The van der Waals surface area contributed by atoms with Gasteiger partial charge in [0.1, 0.15) is 0 Å². The highest BCUT2D eigenvalue weighted by atomic mass is 16.5. The normalized spacial score (nSPS) is 15.4. The number of nitrogens with zero attached hydrogens (tertiary/aromatic N) is 2. The molecule has 0 unspecified atom stereocenters. The summed E-state index contributed by atoms with van der Waals surface area (Å²) in [6, 6.07) is 8.65. The molecule has 0 atom stereocenters. The molecule has 6 nitrogen and oxygen atoms in total. The van der Waals surface area contributed by atoms with Crippen molar-refractivity contribution in [1.82, 2.24) is 10.6 Å². The van der Waals surface area contributed by atoms with Gasteiger partial charge in [-0.1, -0.05) is 12.1 Å². The quantitative estimate of drug-likeness (QED) is 0.430. The molecule has 0 aromatic heterocycles. The maximum Gasteiger partial charge on any atom is 0.191 e. The zero-order chi connectivity index (χ0) is 17.0. The Morgan fingerprint density at radius 1 is 1.17 bits per heavy atom. The van der Waals surface area contributed by atoms with E-state index >= 15 is 0 Å². The van der Waals surface area contributed by atoms with Crippen molar-refractivity contribution in [3.8, 4) is 0 Å². The monoisotopic (exact) mass is 334 g/mol. The van der Waals surface area contributed by atoms with Crippen LogP contribution in [0.1, 0.15) is 19.4 Å². The fourth-order valence-corrected chi connectivity index (χ4v) is 2.53. The van der Waals surface area contributed by atoms with E-state index in [2.05, 4.69) is 51.7 Å². The summed E-state index contributed by atoms with van der Waals surface area (Å²) >= 11 is 0. The summed E-state index contributed by atoms with van der Waals surface area (Å²) in [7, 11) is 0. The summed E-state index contributed by atoms with van der Waals surface area (Å²) in [6.45, 7) is 11.3. The molecule has 0 spiro atoms.